The first-order chi connectivity index (χ1) is 14.0. The van der Waals surface area contributed by atoms with Gasteiger partial charge in [0.2, 0.25) is 5.91 Å². The van der Waals surface area contributed by atoms with Gasteiger partial charge in [0.1, 0.15) is 0 Å². The molecule has 1 heterocycles. The normalized spacial score (nSPS) is 15.5. The van der Waals surface area contributed by atoms with Crippen LogP contribution in [0.2, 0.25) is 10.0 Å². The fourth-order valence-electron chi connectivity index (χ4n) is 3.45. The fraction of sp³-hybridized carbons (Fsp3) is 0.364. The number of benzene rings is 2. The van der Waals surface area contributed by atoms with Crippen molar-refractivity contribution in [2.75, 3.05) is 13.6 Å². The molecule has 1 aliphatic heterocycles. The van der Waals surface area contributed by atoms with E-state index in [2.05, 4.69) is 33.8 Å². The van der Waals surface area contributed by atoms with Gasteiger partial charge in [0.15, 0.2) is 5.96 Å². The number of likely N-dealkylation sites (tertiary alicyclic amines) is 1. The van der Waals surface area contributed by atoms with E-state index in [1.165, 1.54) is 0 Å². The summed E-state index contributed by atoms with van der Waals surface area (Å²) < 4.78 is 0. The molecule has 0 bridgehead atoms. The van der Waals surface area contributed by atoms with Crippen LogP contribution >= 0.6 is 23.2 Å². The fourth-order valence-corrected chi connectivity index (χ4v) is 4.02. The summed E-state index contributed by atoms with van der Waals surface area (Å²) in [5.74, 6) is 0.927. The van der Waals surface area contributed by atoms with E-state index in [-0.39, 0.29) is 11.9 Å². The number of halogens is 2. The maximum absolute atomic E-state index is 11.9. The van der Waals surface area contributed by atoms with Gasteiger partial charge in [-0.1, -0.05) is 53.5 Å². The van der Waals surface area contributed by atoms with E-state index in [0.29, 0.717) is 35.5 Å². The third-order valence-corrected chi connectivity index (χ3v) is 5.56. The van der Waals surface area contributed by atoms with Crippen molar-refractivity contribution in [1.82, 2.24) is 15.5 Å². The van der Waals surface area contributed by atoms with Gasteiger partial charge in [-0.15, -0.1) is 0 Å². The van der Waals surface area contributed by atoms with E-state index in [9.17, 15) is 4.79 Å². The number of nitrogens with one attached hydrogen (secondary N) is 2. The SMILES string of the molecule is CN=C(NCc1cccc(CN2CCCC2=O)c1)NC(C)c1ccc(Cl)cc1Cl. The first-order valence-corrected chi connectivity index (χ1v) is 10.5. The molecule has 29 heavy (non-hydrogen) atoms. The zero-order chi connectivity index (χ0) is 20.8. The molecule has 1 aliphatic rings. The molecule has 5 nitrogen and oxygen atoms in total. The van der Waals surface area contributed by atoms with Crippen molar-refractivity contribution in [2.24, 2.45) is 4.99 Å². The Labute approximate surface area is 182 Å². The molecule has 2 aromatic carbocycles. The number of hydrogen-bond acceptors (Lipinski definition) is 2. The van der Waals surface area contributed by atoms with Crippen LogP contribution in [0.25, 0.3) is 0 Å². The highest BCUT2D eigenvalue weighted by molar-refractivity contribution is 6.35. The van der Waals surface area contributed by atoms with Gasteiger partial charge in [0, 0.05) is 43.1 Å². The van der Waals surface area contributed by atoms with Gasteiger partial charge >= 0.3 is 0 Å². The van der Waals surface area contributed by atoms with Crippen molar-refractivity contribution < 1.29 is 4.79 Å². The molecule has 1 unspecified atom stereocenters. The zero-order valence-corrected chi connectivity index (χ0v) is 18.2. The lowest BCUT2D eigenvalue weighted by Gasteiger charge is -2.20. The quantitative estimate of drug-likeness (QED) is 0.520. The molecule has 0 aliphatic carbocycles. The number of carbonyl (C=O) groups is 1. The predicted octanol–water partition coefficient (Wildman–Crippen LogP) is 4.54. The summed E-state index contributed by atoms with van der Waals surface area (Å²) in [6, 6.07) is 13.7. The predicted molar refractivity (Wildman–Crippen MR) is 119 cm³/mol. The molecule has 7 heteroatoms. The number of nitrogens with zero attached hydrogens (tertiary/aromatic N) is 2. The molecule has 3 rings (SSSR count). The third kappa shape index (κ3) is 5.87. The van der Waals surface area contributed by atoms with Crippen molar-refractivity contribution in [3.05, 3.63) is 69.2 Å². The number of carbonyl (C=O) groups excluding carboxylic acids is 1. The van der Waals surface area contributed by atoms with Gasteiger partial charge < -0.3 is 15.5 Å². The minimum absolute atomic E-state index is 0.0292. The van der Waals surface area contributed by atoms with Crippen LogP contribution in [0.15, 0.2) is 47.5 Å². The van der Waals surface area contributed by atoms with Gasteiger partial charge in [-0.25, -0.2) is 0 Å². The standard InChI is InChI=1S/C22H26Cl2N4O/c1-15(19-9-8-18(23)12-20(19)24)27-22(25-2)26-13-16-5-3-6-17(11-16)14-28-10-4-7-21(28)29/h3,5-6,8-9,11-12,15H,4,7,10,13-14H2,1-2H3,(H2,25,26,27). The van der Waals surface area contributed by atoms with Crippen molar-refractivity contribution >= 4 is 35.1 Å². The molecule has 1 saturated heterocycles. The van der Waals surface area contributed by atoms with E-state index < -0.39 is 0 Å². The Balaban J connectivity index is 1.57. The number of rotatable bonds is 6. The second-order valence-corrected chi connectivity index (χ2v) is 8.04. The summed E-state index contributed by atoms with van der Waals surface area (Å²) in [6.45, 7) is 4.17. The van der Waals surface area contributed by atoms with Crippen molar-refractivity contribution in [3.63, 3.8) is 0 Å². The second kappa shape index (κ2) is 9.99. The molecule has 0 saturated carbocycles. The lowest BCUT2D eigenvalue weighted by atomic mass is 10.1. The average molecular weight is 433 g/mol. The van der Waals surface area contributed by atoms with E-state index in [0.717, 1.165) is 29.7 Å². The van der Waals surface area contributed by atoms with Crippen molar-refractivity contribution in [1.29, 1.82) is 0 Å². The number of hydrogen-bond donors (Lipinski definition) is 2. The summed E-state index contributed by atoms with van der Waals surface area (Å²) in [5.41, 5.74) is 3.23. The molecule has 0 spiro atoms. The molecular weight excluding hydrogens is 407 g/mol. The summed E-state index contributed by atoms with van der Waals surface area (Å²) in [5, 5.41) is 7.92. The van der Waals surface area contributed by atoms with Crippen molar-refractivity contribution in [2.45, 2.75) is 38.9 Å². The lowest BCUT2D eigenvalue weighted by molar-refractivity contribution is -0.128. The second-order valence-electron chi connectivity index (χ2n) is 7.20. The molecule has 0 radical (unpaired) electrons. The molecule has 0 aromatic heterocycles. The smallest absolute Gasteiger partial charge is 0.222 e. The molecule has 1 amide bonds. The van der Waals surface area contributed by atoms with E-state index in [1.54, 1.807) is 13.1 Å². The first kappa shape index (κ1) is 21.5. The van der Waals surface area contributed by atoms with Crippen LogP contribution < -0.4 is 10.6 Å². The van der Waals surface area contributed by atoms with Crippen LogP contribution in [0.4, 0.5) is 0 Å². The van der Waals surface area contributed by atoms with Crippen LogP contribution in [0.3, 0.4) is 0 Å². The van der Waals surface area contributed by atoms with Crippen LogP contribution in [0.5, 0.6) is 0 Å². The molecule has 2 aromatic rings. The van der Waals surface area contributed by atoms with Gasteiger partial charge in [-0.2, -0.15) is 0 Å². The lowest BCUT2D eigenvalue weighted by Crippen LogP contribution is -2.38. The minimum atomic E-state index is -0.0292. The van der Waals surface area contributed by atoms with Gasteiger partial charge in [0.05, 0.1) is 6.04 Å². The number of guanidine groups is 1. The summed E-state index contributed by atoms with van der Waals surface area (Å²) in [7, 11) is 1.74. The van der Waals surface area contributed by atoms with Crippen LogP contribution in [0.1, 0.15) is 42.5 Å². The average Bonchev–Trinajstić information content (AvgIpc) is 3.09. The Morgan fingerprint density at radius 1 is 1.21 bits per heavy atom. The number of amides is 1. The maximum atomic E-state index is 11.9. The Morgan fingerprint density at radius 2 is 2.00 bits per heavy atom. The Bertz CT molecular complexity index is 900. The highest BCUT2D eigenvalue weighted by atomic mass is 35.5. The van der Waals surface area contributed by atoms with Crippen LogP contribution in [0, 0.1) is 0 Å². The van der Waals surface area contributed by atoms with Gasteiger partial charge in [0.25, 0.3) is 0 Å². The largest absolute Gasteiger partial charge is 0.352 e. The molecule has 1 atom stereocenters. The Morgan fingerprint density at radius 3 is 2.69 bits per heavy atom. The van der Waals surface area contributed by atoms with E-state index in [4.69, 9.17) is 23.2 Å². The van der Waals surface area contributed by atoms with Gasteiger partial charge in [-0.3, -0.25) is 9.79 Å². The molecular formula is C22H26Cl2N4O. The first-order valence-electron chi connectivity index (χ1n) is 9.74. The van der Waals surface area contributed by atoms with Gasteiger partial charge in [-0.05, 0) is 42.2 Å². The van der Waals surface area contributed by atoms with Crippen LogP contribution in [-0.2, 0) is 17.9 Å². The Kier molecular flexibility index (Phi) is 7.40. The summed E-state index contributed by atoms with van der Waals surface area (Å²) in [4.78, 5) is 18.1. The monoisotopic (exact) mass is 432 g/mol. The van der Waals surface area contributed by atoms with Crippen molar-refractivity contribution in [3.8, 4) is 0 Å². The minimum Gasteiger partial charge on any atom is -0.352 e. The maximum Gasteiger partial charge on any atom is 0.222 e. The summed E-state index contributed by atoms with van der Waals surface area (Å²) in [6.07, 6.45) is 1.62. The zero-order valence-electron chi connectivity index (χ0n) is 16.7. The third-order valence-electron chi connectivity index (χ3n) is 5.00. The topological polar surface area (TPSA) is 56.7 Å². The molecule has 1 fully saturated rings. The Hall–Kier alpha value is -2.24. The summed E-state index contributed by atoms with van der Waals surface area (Å²) >= 11 is 12.3. The number of aliphatic imine (C=N–C) groups is 1. The molecule has 154 valence electrons. The highest BCUT2D eigenvalue weighted by Gasteiger charge is 2.20. The molecule has 2 N–H and O–H groups in total. The highest BCUT2D eigenvalue weighted by Crippen LogP contribution is 2.26. The van der Waals surface area contributed by atoms with Crippen LogP contribution in [-0.4, -0.2) is 30.4 Å². The van der Waals surface area contributed by atoms with E-state index >= 15 is 0 Å². The van der Waals surface area contributed by atoms with E-state index in [1.807, 2.05) is 30.0 Å².